The van der Waals surface area contributed by atoms with Crippen molar-refractivity contribution in [2.45, 2.75) is 46.1 Å². The fourth-order valence-electron chi connectivity index (χ4n) is 1.91. The lowest BCUT2D eigenvalue weighted by atomic mass is 9.82. The predicted octanol–water partition coefficient (Wildman–Crippen LogP) is 2.21. The molecule has 0 aromatic carbocycles. The van der Waals surface area contributed by atoms with Crippen molar-refractivity contribution in [1.29, 1.82) is 0 Å². The maximum atomic E-state index is 12.1. The molecule has 0 unspecified atom stereocenters. The van der Waals surface area contributed by atoms with E-state index in [0.717, 1.165) is 0 Å². The number of likely N-dealkylation sites (N-methyl/N-ethyl adjacent to an activating group) is 1. The second kappa shape index (κ2) is 7.11. The first-order valence-electron chi connectivity index (χ1n) is 7.33. The summed E-state index contributed by atoms with van der Waals surface area (Å²) in [6.07, 6.45) is 0.928. The van der Waals surface area contributed by atoms with Crippen LogP contribution in [-0.4, -0.2) is 56.0 Å². The Labute approximate surface area is 126 Å². The average molecular weight is 301 g/mol. The lowest BCUT2D eigenvalue weighted by Gasteiger charge is -2.31. The van der Waals surface area contributed by atoms with Crippen molar-refractivity contribution in [1.82, 2.24) is 4.90 Å². The number of carbonyl (C=O) groups excluding carboxylic acids is 2. The average Bonchev–Trinajstić information content (AvgIpc) is 2.37. The summed E-state index contributed by atoms with van der Waals surface area (Å²) in [6, 6.07) is 0. The van der Waals surface area contributed by atoms with E-state index in [2.05, 4.69) is 0 Å². The largest absolute Gasteiger partial charge is 0.463 e. The van der Waals surface area contributed by atoms with Crippen LogP contribution in [0.4, 0.5) is 4.79 Å². The van der Waals surface area contributed by atoms with Crippen LogP contribution in [-0.2, 0) is 19.0 Å². The van der Waals surface area contributed by atoms with Crippen LogP contribution >= 0.6 is 0 Å². The van der Waals surface area contributed by atoms with Gasteiger partial charge in [0.25, 0.3) is 0 Å². The highest BCUT2D eigenvalue weighted by Crippen LogP contribution is 2.31. The molecule has 0 N–H and O–H groups in total. The summed E-state index contributed by atoms with van der Waals surface area (Å²) >= 11 is 0. The van der Waals surface area contributed by atoms with E-state index in [1.54, 1.807) is 7.05 Å². The van der Waals surface area contributed by atoms with Gasteiger partial charge in [0.2, 0.25) is 0 Å². The van der Waals surface area contributed by atoms with E-state index in [1.165, 1.54) is 4.90 Å². The normalized spacial score (nSPS) is 18.0. The predicted molar refractivity (Wildman–Crippen MR) is 78.0 cm³/mol. The lowest BCUT2D eigenvalue weighted by molar-refractivity contribution is -0.160. The molecule has 6 nitrogen and oxygen atoms in total. The van der Waals surface area contributed by atoms with Crippen LogP contribution in [0.2, 0.25) is 0 Å². The van der Waals surface area contributed by atoms with Gasteiger partial charge in [0.15, 0.2) is 0 Å². The van der Waals surface area contributed by atoms with E-state index in [1.807, 2.05) is 27.7 Å². The van der Waals surface area contributed by atoms with Gasteiger partial charge >= 0.3 is 12.1 Å². The van der Waals surface area contributed by atoms with Crippen molar-refractivity contribution in [2.75, 3.05) is 33.4 Å². The van der Waals surface area contributed by atoms with Crippen molar-refractivity contribution >= 4 is 12.1 Å². The van der Waals surface area contributed by atoms with Gasteiger partial charge in [-0.2, -0.15) is 0 Å². The highest BCUT2D eigenvalue weighted by molar-refractivity contribution is 5.76. The molecule has 1 aliphatic heterocycles. The number of ether oxygens (including phenoxy) is 3. The van der Waals surface area contributed by atoms with Crippen molar-refractivity contribution in [3.63, 3.8) is 0 Å². The van der Waals surface area contributed by atoms with Gasteiger partial charge in [-0.25, -0.2) is 4.79 Å². The van der Waals surface area contributed by atoms with Gasteiger partial charge in [0.05, 0.1) is 12.0 Å². The summed E-state index contributed by atoms with van der Waals surface area (Å²) in [7, 11) is 1.62. The monoisotopic (exact) mass is 301 g/mol. The molecule has 0 bridgehead atoms. The first-order valence-corrected chi connectivity index (χ1v) is 7.33. The van der Waals surface area contributed by atoms with Gasteiger partial charge < -0.3 is 19.1 Å². The van der Waals surface area contributed by atoms with Gasteiger partial charge in [-0.3, -0.25) is 4.79 Å². The maximum Gasteiger partial charge on any atom is 0.410 e. The molecule has 21 heavy (non-hydrogen) atoms. The molecule has 0 aromatic rings. The van der Waals surface area contributed by atoms with Crippen molar-refractivity contribution < 1.29 is 23.8 Å². The van der Waals surface area contributed by atoms with E-state index in [4.69, 9.17) is 14.2 Å². The summed E-state index contributed by atoms with van der Waals surface area (Å²) in [5.41, 5.74) is -1.000. The zero-order valence-corrected chi connectivity index (χ0v) is 13.7. The standard InChI is InChI=1S/C15H27NO5/c1-14(2,3)21-13(18)16(5)8-11-20-12(17)15(4)6-9-19-10-7-15/h6-11H2,1-5H3. The molecule has 1 amide bonds. The molecule has 1 aliphatic rings. The fourth-order valence-corrected chi connectivity index (χ4v) is 1.91. The minimum absolute atomic E-state index is 0.172. The molecule has 1 rings (SSSR count). The number of amides is 1. The van der Waals surface area contributed by atoms with E-state index < -0.39 is 17.1 Å². The molecule has 6 heteroatoms. The van der Waals surface area contributed by atoms with E-state index in [-0.39, 0.29) is 12.6 Å². The molecular weight excluding hydrogens is 274 g/mol. The number of hydrogen-bond donors (Lipinski definition) is 0. The van der Waals surface area contributed by atoms with Gasteiger partial charge in [-0.15, -0.1) is 0 Å². The summed E-state index contributed by atoms with van der Waals surface area (Å²) in [4.78, 5) is 25.2. The molecular formula is C15H27NO5. The number of nitrogens with zero attached hydrogens (tertiary/aromatic N) is 1. The highest BCUT2D eigenvalue weighted by Gasteiger charge is 2.36. The van der Waals surface area contributed by atoms with E-state index in [9.17, 15) is 9.59 Å². The maximum absolute atomic E-state index is 12.1. The Morgan fingerprint density at radius 3 is 2.33 bits per heavy atom. The Bertz CT molecular complexity index is 369. The van der Waals surface area contributed by atoms with Crippen molar-refractivity contribution in [2.24, 2.45) is 5.41 Å². The van der Waals surface area contributed by atoms with Crippen molar-refractivity contribution in [3.8, 4) is 0 Å². The Morgan fingerprint density at radius 1 is 1.24 bits per heavy atom. The molecule has 122 valence electrons. The number of rotatable bonds is 4. The zero-order chi connectivity index (χ0) is 16.1. The molecule has 1 saturated heterocycles. The van der Waals surface area contributed by atoms with Gasteiger partial charge in [-0.1, -0.05) is 0 Å². The first-order chi connectivity index (χ1) is 9.64. The molecule has 1 heterocycles. The highest BCUT2D eigenvalue weighted by atomic mass is 16.6. The lowest BCUT2D eigenvalue weighted by Crippen LogP contribution is -2.39. The summed E-state index contributed by atoms with van der Waals surface area (Å²) < 4.78 is 15.8. The van der Waals surface area contributed by atoms with Gasteiger partial charge in [0, 0.05) is 20.3 Å². The Balaban J connectivity index is 2.32. The minimum Gasteiger partial charge on any atom is -0.463 e. The number of esters is 1. The second-order valence-electron chi connectivity index (χ2n) is 6.71. The third-order valence-electron chi connectivity index (χ3n) is 3.45. The molecule has 0 radical (unpaired) electrons. The minimum atomic E-state index is -0.530. The van der Waals surface area contributed by atoms with Crippen LogP contribution in [0.25, 0.3) is 0 Å². The number of carbonyl (C=O) groups is 2. The van der Waals surface area contributed by atoms with Gasteiger partial charge in [-0.05, 0) is 40.5 Å². The summed E-state index contributed by atoms with van der Waals surface area (Å²) in [5, 5.41) is 0. The molecule has 0 saturated carbocycles. The molecule has 0 spiro atoms. The van der Waals surface area contributed by atoms with Crippen molar-refractivity contribution in [3.05, 3.63) is 0 Å². The third-order valence-corrected chi connectivity index (χ3v) is 3.45. The molecule has 0 aromatic heterocycles. The summed E-state index contributed by atoms with van der Waals surface area (Å²) in [6.45, 7) is 8.99. The Hall–Kier alpha value is -1.30. The fraction of sp³-hybridized carbons (Fsp3) is 0.867. The number of hydrogen-bond acceptors (Lipinski definition) is 5. The Kier molecular flexibility index (Phi) is 6.01. The molecule has 1 fully saturated rings. The first kappa shape index (κ1) is 17.8. The van der Waals surface area contributed by atoms with E-state index in [0.29, 0.717) is 32.6 Å². The smallest absolute Gasteiger partial charge is 0.410 e. The van der Waals surface area contributed by atoms with Crippen LogP contribution in [0.15, 0.2) is 0 Å². The zero-order valence-electron chi connectivity index (χ0n) is 13.7. The third kappa shape index (κ3) is 5.91. The second-order valence-corrected chi connectivity index (χ2v) is 6.71. The quantitative estimate of drug-likeness (QED) is 0.745. The van der Waals surface area contributed by atoms with Crippen LogP contribution in [0.5, 0.6) is 0 Å². The topological polar surface area (TPSA) is 65.1 Å². The van der Waals surface area contributed by atoms with Crippen LogP contribution in [0, 0.1) is 5.41 Å². The van der Waals surface area contributed by atoms with Crippen LogP contribution in [0.1, 0.15) is 40.5 Å². The molecule has 0 aliphatic carbocycles. The van der Waals surface area contributed by atoms with E-state index >= 15 is 0 Å². The van der Waals surface area contributed by atoms with Crippen LogP contribution < -0.4 is 0 Å². The molecule has 0 atom stereocenters. The van der Waals surface area contributed by atoms with Crippen LogP contribution in [0.3, 0.4) is 0 Å². The summed E-state index contributed by atoms with van der Waals surface area (Å²) in [5.74, 6) is -0.219. The van der Waals surface area contributed by atoms with Gasteiger partial charge in [0.1, 0.15) is 12.2 Å². The Morgan fingerprint density at radius 2 is 1.81 bits per heavy atom. The SMILES string of the molecule is CN(CCOC(=O)C1(C)CCOCC1)C(=O)OC(C)(C)C.